The number of carbonyl (C=O) groups is 1. The number of carbonyl (C=O) groups excluding carboxylic acids is 1. The van der Waals surface area contributed by atoms with Crippen LogP contribution in [-0.4, -0.2) is 21.1 Å². The van der Waals surface area contributed by atoms with E-state index < -0.39 is 0 Å². The van der Waals surface area contributed by atoms with Crippen LogP contribution in [-0.2, 0) is 11.2 Å². The second kappa shape index (κ2) is 5.94. The highest BCUT2D eigenvalue weighted by atomic mass is 79.9. The van der Waals surface area contributed by atoms with Gasteiger partial charge in [-0.25, -0.2) is 0 Å². The van der Waals surface area contributed by atoms with Crippen molar-refractivity contribution in [2.75, 3.05) is 5.32 Å². The van der Waals surface area contributed by atoms with Crippen LogP contribution in [0.15, 0.2) is 34.9 Å². The maximum atomic E-state index is 11.9. The molecule has 0 unspecified atom stereocenters. The average molecular weight is 339 g/mol. The van der Waals surface area contributed by atoms with Crippen molar-refractivity contribution >= 4 is 44.9 Å². The largest absolute Gasteiger partial charge is 0.389 e. The smallest absolute Gasteiger partial charge is 0.229 e. The third kappa shape index (κ3) is 3.62. The lowest BCUT2D eigenvalue weighted by atomic mass is 10.1. The number of aromatic nitrogens is 2. The minimum atomic E-state index is -0.163. The summed E-state index contributed by atoms with van der Waals surface area (Å²) in [5, 5.41) is 9.16. The number of aromatic amines is 1. The topological polar surface area (TPSA) is 83.8 Å². The zero-order valence-electron chi connectivity index (χ0n) is 9.81. The van der Waals surface area contributed by atoms with Gasteiger partial charge >= 0.3 is 0 Å². The molecule has 1 aromatic carbocycles. The second-order valence-corrected chi connectivity index (χ2v) is 5.23. The molecule has 0 aliphatic carbocycles. The van der Waals surface area contributed by atoms with Crippen molar-refractivity contribution in [2.24, 2.45) is 5.73 Å². The summed E-state index contributed by atoms with van der Waals surface area (Å²) in [4.78, 5) is 12.1. The van der Waals surface area contributed by atoms with Gasteiger partial charge in [-0.2, -0.15) is 5.10 Å². The molecule has 1 heterocycles. The fourth-order valence-corrected chi connectivity index (χ4v) is 1.96. The van der Waals surface area contributed by atoms with E-state index in [1.165, 1.54) is 6.20 Å². The van der Waals surface area contributed by atoms with Gasteiger partial charge < -0.3 is 11.1 Å². The first kappa shape index (κ1) is 13.7. The van der Waals surface area contributed by atoms with Crippen LogP contribution >= 0.6 is 28.1 Å². The molecule has 7 heteroatoms. The number of H-pyrrole nitrogens is 1. The summed E-state index contributed by atoms with van der Waals surface area (Å²) in [6, 6.07) is 7.54. The summed E-state index contributed by atoms with van der Waals surface area (Å²) in [7, 11) is 0. The van der Waals surface area contributed by atoms with Gasteiger partial charge in [-0.3, -0.25) is 9.89 Å². The molecule has 19 heavy (non-hydrogen) atoms. The molecule has 1 amide bonds. The number of nitrogens with one attached hydrogen (secondary N) is 2. The Kier molecular flexibility index (Phi) is 4.28. The van der Waals surface area contributed by atoms with E-state index in [1.54, 1.807) is 0 Å². The van der Waals surface area contributed by atoms with Crippen molar-refractivity contribution in [2.45, 2.75) is 6.42 Å². The Hall–Kier alpha value is -1.73. The molecule has 5 nitrogen and oxygen atoms in total. The average Bonchev–Trinajstić information content (AvgIpc) is 2.80. The molecule has 0 bridgehead atoms. The number of benzene rings is 1. The van der Waals surface area contributed by atoms with Crippen molar-refractivity contribution in [3.8, 4) is 0 Å². The maximum Gasteiger partial charge on any atom is 0.229 e. The Bertz CT molecular complexity index is 608. The van der Waals surface area contributed by atoms with Gasteiger partial charge in [-0.1, -0.05) is 40.3 Å². The van der Waals surface area contributed by atoms with Crippen LogP contribution in [0.4, 0.5) is 5.82 Å². The SMILES string of the molecule is NC(=S)c1cn[nH]c1NC(=O)Cc1ccc(Br)cc1. The Labute approximate surface area is 123 Å². The standard InChI is InChI=1S/C12H11BrN4OS/c13-8-3-1-7(2-4-8)5-10(18)16-12-9(11(14)19)6-15-17-12/h1-4,6H,5H2,(H2,14,19)(H2,15,16,17,18). The van der Waals surface area contributed by atoms with E-state index in [1.807, 2.05) is 24.3 Å². The van der Waals surface area contributed by atoms with E-state index in [9.17, 15) is 4.79 Å². The van der Waals surface area contributed by atoms with Crippen molar-refractivity contribution in [3.63, 3.8) is 0 Å². The molecule has 0 saturated heterocycles. The molecule has 98 valence electrons. The summed E-state index contributed by atoms with van der Waals surface area (Å²) in [6.07, 6.45) is 1.75. The summed E-state index contributed by atoms with van der Waals surface area (Å²) < 4.78 is 0.973. The molecule has 0 saturated carbocycles. The predicted octanol–water partition coefficient (Wildman–Crippen LogP) is 1.99. The van der Waals surface area contributed by atoms with Crippen molar-refractivity contribution < 1.29 is 4.79 Å². The number of nitrogens with zero attached hydrogens (tertiary/aromatic N) is 1. The zero-order chi connectivity index (χ0) is 13.8. The molecule has 0 aliphatic rings. The number of anilines is 1. The van der Waals surface area contributed by atoms with E-state index in [2.05, 4.69) is 31.4 Å². The van der Waals surface area contributed by atoms with Crippen molar-refractivity contribution in [1.82, 2.24) is 10.2 Å². The van der Waals surface area contributed by atoms with E-state index in [4.69, 9.17) is 18.0 Å². The van der Waals surface area contributed by atoms with Crippen LogP contribution in [0.3, 0.4) is 0 Å². The summed E-state index contributed by atoms with van der Waals surface area (Å²) >= 11 is 8.21. The number of hydrogen-bond acceptors (Lipinski definition) is 3. The Morgan fingerprint density at radius 2 is 2.11 bits per heavy atom. The van der Waals surface area contributed by atoms with Crippen LogP contribution in [0.25, 0.3) is 0 Å². The molecule has 2 rings (SSSR count). The first-order valence-electron chi connectivity index (χ1n) is 5.43. The first-order valence-corrected chi connectivity index (χ1v) is 6.64. The monoisotopic (exact) mass is 338 g/mol. The lowest BCUT2D eigenvalue weighted by Gasteiger charge is -2.05. The van der Waals surface area contributed by atoms with Gasteiger partial charge in [-0.05, 0) is 17.7 Å². The second-order valence-electron chi connectivity index (χ2n) is 3.87. The van der Waals surface area contributed by atoms with Crippen molar-refractivity contribution in [3.05, 3.63) is 46.1 Å². The Balaban J connectivity index is 2.03. The molecule has 0 fully saturated rings. The van der Waals surface area contributed by atoms with Gasteiger partial charge in [0, 0.05) is 4.47 Å². The molecular formula is C12H11BrN4OS. The van der Waals surface area contributed by atoms with Crippen LogP contribution < -0.4 is 11.1 Å². The van der Waals surface area contributed by atoms with Gasteiger partial charge in [0.05, 0.1) is 18.2 Å². The number of halogens is 1. The number of amides is 1. The molecule has 0 atom stereocenters. The quantitative estimate of drug-likeness (QED) is 0.744. The van der Waals surface area contributed by atoms with E-state index in [0.717, 1.165) is 10.0 Å². The number of hydrogen-bond donors (Lipinski definition) is 3. The van der Waals surface area contributed by atoms with E-state index in [-0.39, 0.29) is 17.3 Å². The van der Waals surface area contributed by atoms with Gasteiger partial charge in [-0.15, -0.1) is 0 Å². The van der Waals surface area contributed by atoms with E-state index >= 15 is 0 Å². The third-order valence-corrected chi connectivity index (χ3v) is 3.20. The highest BCUT2D eigenvalue weighted by Gasteiger charge is 2.11. The summed E-state index contributed by atoms with van der Waals surface area (Å²) in [5.74, 6) is 0.263. The summed E-state index contributed by atoms with van der Waals surface area (Å²) in [6.45, 7) is 0. The fraction of sp³-hybridized carbons (Fsp3) is 0.0833. The Morgan fingerprint density at radius 3 is 2.74 bits per heavy atom. The molecule has 2 aromatic rings. The maximum absolute atomic E-state index is 11.9. The lowest BCUT2D eigenvalue weighted by Crippen LogP contribution is -2.18. The van der Waals surface area contributed by atoms with Crippen LogP contribution in [0, 0.1) is 0 Å². The number of rotatable bonds is 4. The Morgan fingerprint density at radius 1 is 1.42 bits per heavy atom. The first-order chi connectivity index (χ1) is 9.06. The van der Waals surface area contributed by atoms with Crippen LogP contribution in [0.5, 0.6) is 0 Å². The third-order valence-electron chi connectivity index (χ3n) is 2.45. The highest BCUT2D eigenvalue weighted by Crippen LogP contribution is 2.13. The minimum Gasteiger partial charge on any atom is -0.389 e. The number of thiocarbonyl (C=S) groups is 1. The molecule has 0 spiro atoms. The van der Waals surface area contributed by atoms with Gasteiger partial charge in [0.2, 0.25) is 5.91 Å². The molecule has 4 N–H and O–H groups in total. The highest BCUT2D eigenvalue weighted by molar-refractivity contribution is 9.10. The zero-order valence-corrected chi connectivity index (χ0v) is 12.2. The van der Waals surface area contributed by atoms with Crippen LogP contribution in [0.1, 0.15) is 11.1 Å². The fourth-order valence-electron chi connectivity index (χ4n) is 1.54. The van der Waals surface area contributed by atoms with Crippen LogP contribution in [0.2, 0.25) is 0 Å². The summed E-state index contributed by atoms with van der Waals surface area (Å²) in [5.41, 5.74) is 6.96. The minimum absolute atomic E-state index is 0.163. The number of nitrogens with two attached hydrogens (primary N) is 1. The normalized spacial score (nSPS) is 10.2. The molecular weight excluding hydrogens is 328 g/mol. The van der Waals surface area contributed by atoms with Gasteiger partial charge in [0.25, 0.3) is 0 Å². The van der Waals surface area contributed by atoms with Gasteiger partial charge in [0.1, 0.15) is 10.8 Å². The van der Waals surface area contributed by atoms with E-state index in [0.29, 0.717) is 11.4 Å². The molecule has 1 aromatic heterocycles. The van der Waals surface area contributed by atoms with Gasteiger partial charge in [0.15, 0.2) is 0 Å². The molecule has 0 radical (unpaired) electrons. The lowest BCUT2D eigenvalue weighted by molar-refractivity contribution is -0.115. The molecule has 0 aliphatic heterocycles. The predicted molar refractivity (Wildman–Crippen MR) is 81.0 cm³/mol. The van der Waals surface area contributed by atoms with Crippen molar-refractivity contribution in [1.29, 1.82) is 0 Å².